The summed E-state index contributed by atoms with van der Waals surface area (Å²) in [7, 11) is 0. The van der Waals surface area contributed by atoms with Gasteiger partial charge in [0.15, 0.2) is 0 Å². The number of aryl methyl sites for hydroxylation is 1. The topological polar surface area (TPSA) is 69.7 Å². The third kappa shape index (κ3) is 4.04. The minimum Gasteiger partial charge on any atom is -0.385 e. The number of H-pyrrole nitrogens is 1. The van der Waals surface area contributed by atoms with Crippen LogP contribution in [0.2, 0.25) is 5.02 Å². The van der Waals surface area contributed by atoms with E-state index >= 15 is 0 Å². The summed E-state index contributed by atoms with van der Waals surface area (Å²) >= 11 is 5.89. The molecule has 0 bridgehead atoms. The van der Waals surface area contributed by atoms with Gasteiger partial charge < -0.3 is 10.2 Å². The van der Waals surface area contributed by atoms with Gasteiger partial charge in [0.25, 0.3) is 0 Å². The first-order chi connectivity index (χ1) is 14.2. The van der Waals surface area contributed by atoms with E-state index in [1.54, 1.807) is 12.4 Å². The third-order valence-electron chi connectivity index (χ3n) is 6.60. The van der Waals surface area contributed by atoms with E-state index in [9.17, 15) is 0 Å². The van der Waals surface area contributed by atoms with Crippen LogP contribution in [0.25, 0.3) is 10.9 Å². The fourth-order valence-corrected chi connectivity index (χ4v) is 4.92. The number of nitrogens with one attached hydrogen (secondary N) is 2. The normalized spacial score (nSPS) is 22.2. The van der Waals surface area contributed by atoms with Gasteiger partial charge in [0, 0.05) is 36.4 Å². The zero-order valence-corrected chi connectivity index (χ0v) is 17.5. The van der Waals surface area contributed by atoms with Crippen molar-refractivity contribution in [3.63, 3.8) is 0 Å². The molecule has 2 aliphatic rings. The molecular formula is C22H27ClN6. The number of fused-ring (bicyclic) bond motifs is 1. The van der Waals surface area contributed by atoms with Crippen molar-refractivity contribution in [1.82, 2.24) is 20.2 Å². The van der Waals surface area contributed by atoms with Crippen LogP contribution in [0.5, 0.6) is 0 Å². The van der Waals surface area contributed by atoms with Crippen molar-refractivity contribution >= 4 is 34.1 Å². The maximum absolute atomic E-state index is 5.89. The van der Waals surface area contributed by atoms with E-state index in [1.165, 1.54) is 36.8 Å². The first-order valence-electron chi connectivity index (χ1n) is 10.6. The lowest BCUT2D eigenvalue weighted by atomic mass is 9.90. The molecule has 3 heterocycles. The molecule has 1 aromatic carbocycles. The highest BCUT2D eigenvalue weighted by Crippen LogP contribution is 2.49. The summed E-state index contributed by atoms with van der Waals surface area (Å²) in [5, 5.41) is 12.8. The fraction of sp³-hybridized carbons (Fsp3) is 0.500. The Labute approximate surface area is 176 Å². The average Bonchev–Trinajstić information content (AvgIpc) is 3.43. The minimum absolute atomic E-state index is 0.595. The van der Waals surface area contributed by atoms with Gasteiger partial charge in [-0.25, -0.2) is 9.97 Å². The van der Waals surface area contributed by atoms with E-state index < -0.39 is 0 Å². The lowest BCUT2D eigenvalue weighted by Crippen LogP contribution is -2.35. The number of hydrogen-bond acceptors (Lipinski definition) is 5. The summed E-state index contributed by atoms with van der Waals surface area (Å²) in [4.78, 5) is 11.0. The molecule has 7 heteroatoms. The third-order valence-corrected chi connectivity index (χ3v) is 6.80. The number of hydrogen-bond donors (Lipinski definition) is 2. The van der Waals surface area contributed by atoms with Gasteiger partial charge in [-0.3, -0.25) is 5.10 Å². The lowest BCUT2D eigenvalue weighted by molar-refractivity contribution is 0.343. The van der Waals surface area contributed by atoms with Crippen molar-refractivity contribution in [3.8, 4) is 0 Å². The molecule has 29 heavy (non-hydrogen) atoms. The molecule has 2 atom stereocenters. The number of aromatic nitrogens is 4. The number of nitrogens with zero attached hydrogens (tertiary/aromatic N) is 4. The Hall–Kier alpha value is -2.34. The molecule has 0 spiro atoms. The molecule has 2 N–H and O–H groups in total. The molecule has 6 nitrogen and oxygen atoms in total. The Bertz CT molecular complexity index is 977. The molecule has 1 saturated carbocycles. The molecule has 2 fully saturated rings. The molecule has 152 valence electrons. The maximum atomic E-state index is 5.89. The van der Waals surface area contributed by atoms with Gasteiger partial charge in [-0.1, -0.05) is 11.6 Å². The average molecular weight is 411 g/mol. The number of benzene rings is 1. The van der Waals surface area contributed by atoms with E-state index in [2.05, 4.69) is 55.5 Å². The second-order valence-electron chi connectivity index (χ2n) is 8.48. The van der Waals surface area contributed by atoms with E-state index in [4.69, 9.17) is 11.6 Å². The van der Waals surface area contributed by atoms with Crippen LogP contribution in [0, 0.1) is 24.7 Å². The number of rotatable bonds is 6. The van der Waals surface area contributed by atoms with Crippen molar-refractivity contribution in [1.29, 1.82) is 0 Å². The predicted molar refractivity (Wildman–Crippen MR) is 118 cm³/mol. The van der Waals surface area contributed by atoms with Gasteiger partial charge in [0.1, 0.15) is 0 Å². The van der Waals surface area contributed by atoms with E-state index in [1.807, 2.05) is 0 Å². The van der Waals surface area contributed by atoms with Gasteiger partial charge in [-0.15, -0.1) is 0 Å². The highest BCUT2D eigenvalue weighted by Gasteiger charge is 2.43. The second kappa shape index (κ2) is 7.82. The first kappa shape index (κ1) is 18.7. The van der Waals surface area contributed by atoms with Crippen LogP contribution in [0.15, 0.2) is 30.6 Å². The number of piperidine rings is 1. The molecule has 5 rings (SSSR count). The quantitative estimate of drug-likeness (QED) is 0.618. The fourth-order valence-electron chi connectivity index (χ4n) is 4.83. The summed E-state index contributed by atoms with van der Waals surface area (Å²) in [6, 6.07) is 6.41. The van der Waals surface area contributed by atoms with Crippen LogP contribution in [-0.4, -0.2) is 39.8 Å². The van der Waals surface area contributed by atoms with Crippen LogP contribution in [0.4, 0.5) is 11.6 Å². The van der Waals surface area contributed by atoms with Crippen LogP contribution < -0.4 is 10.2 Å². The second-order valence-corrected chi connectivity index (χ2v) is 8.92. The van der Waals surface area contributed by atoms with Crippen LogP contribution in [0.3, 0.4) is 0 Å². The highest BCUT2D eigenvalue weighted by molar-refractivity contribution is 6.30. The Morgan fingerprint density at radius 1 is 1.21 bits per heavy atom. The first-order valence-corrected chi connectivity index (χ1v) is 11.0. The Morgan fingerprint density at radius 3 is 2.79 bits per heavy atom. The van der Waals surface area contributed by atoms with Gasteiger partial charge >= 0.3 is 0 Å². The van der Waals surface area contributed by atoms with Crippen molar-refractivity contribution in [2.24, 2.45) is 17.8 Å². The van der Waals surface area contributed by atoms with E-state index in [0.717, 1.165) is 54.5 Å². The minimum atomic E-state index is 0.595. The standard InChI is InChI=1S/C22H27ClN6/c1-14-19-11-18(2-3-21(19)28-27-14)24-7-4-16-10-20(16)15-5-8-29(9-6-15)22-25-12-17(23)13-26-22/h2-3,11-13,15-16,20,24H,4-10H2,1H3,(H,27,28)/t16-,20-/m1/s1. The smallest absolute Gasteiger partial charge is 0.225 e. The van der Waals surface area contributed by atoms with Crippen molar-refractivity contribution in [3.05, 3.63) is 41.3 Å². The largest absolute Gasteiger partial charge is 0.385 e. The SMILES string of the molecule is Cc1[nH]nc2ccc(NCC[C@@H]3C[C@@H]3C3CCN(c4ncc(Cl)cn4)CC3)cc12. The Balaban J connectivity index is 1.07. The Kier molecular flexibility index (Phi) is 5.04. The van der Waals surface area contributed by atoms with Crippen LogP contribution >= 0.6 is 11.6 Å². The predicted octanol–water partition coefficient (Wildman–Crippen LogP) is 4.67. The van der Waals surface area contributed by atoms with Gasteiger partial charge in [-0.2, -0.15) is 5.10 Å². The van der Waals surface area contributed by atoms with Crippen molar-refractivity contribution < 1.29 is 0 Å². The lowest BCUT2D eigenvalue weighted by Gasteiger charge is -2.32. The zero-order valence-electron chi connectivity index (χ0n) is 16.7. The maximum Gasteiger partial charge on any atom is 0.225 e. The monoisotopic (exact) mass is 410 g/mol. The summed E-state index contributed by atoms with van der Waals surface area (Å²) < 4.78 is 0. The molecule has 0 amide bonds. The van der Waals surface area contributed by atoms with Gasteiger partial charge in [0.05, 0.1) is 22.9 Å². The van der Waals surface area contributed by atoms with Crippen molar-refractivity contribution in [2.45, 2.75) is 32.6 Å². The molecule has 1 saturated heterocycles. The molecule has 1 aliphatic heterocycles. The molecular weight excluding hydrogens is 384 g/mol. The number of aromatic amines is 1. The van der Waals surface area contributed by atoms with Gasteiger partial charge in [-0.05, 0) is 68.6 Å². The molecule has 0 unspecified atom stereocenters. The van der Waals surface area contributed by atoms with E-state index in [-0.39, 0.29) is 0 Å². The number of anilines is 2. The molecule has 2 aromatic heterocycles. The molecule has 3 aromatic rings. The van der Waals surface area contributed by atoms with Crippen LogP contribution in [0.1, 0.15) is 31.4 Å². The zero-order chi connectivity index (χ0) is 19.8. The Morgan fingerprint density at radius 2 is 2.00 bits per heavy atom. The van der Waals surface area contributed by atoms with Gasteiger partial charge in [0.2, 0.25) is 5.95 Å². The molecule has 1 aliphatic carbocycles. The summed E-state index contributed by atoms with van der Waals surface area (Å²) in [5.74, 6) is 3.46. The summed E-state index contributed by atoms with van der Waals surface area (Å²) in [6.07, 6.45) is 8.52. The summed E-state index contributed by atoms with van der Waals surface area (Å²) in [5.41, 5.74) is 3.35. The highest BCUT2D eigenvalue weighted by atomic mass is 35.5. The van der Waals surface area contributed by atoms with Crippen molar-refractivity contribution in [2.75, 3.05) is 29.9 Å². The number of halogens is 1. The van der Waals surface area contributed by atoms with Crippen LogP contribution in [-0.2, 0) is 0 Å². The van der Waals surface area contributed by atoms with E-state index in [0.29, 0.717) is 5.02 Å². The molecule has 0 radical (unpaired) electrons. The summed E-state index contributed by atoms with van der Waals surface area (Å²) in [6.45, 7) is 5.22.